The molecule has 0 atom stereocenters. The van der Waals surface area contributed by atoms with Gasteiger partial charge in [0, 0.05) is 51.8 Å². The van der Waals surface area contributed by atoms with Gasteiger partial charge in [0.2, 0.25) is 0 Å². The van der Waals surface area contributed by atoms with Crippen molar-refractivity contribution in [2.75, 3.05) is 0 Å². The molecule has 0 radical (unpaired) electrons. The van der Waals surface area contributed by atoms with E-state index in [0.717, 1.165) is 77.8 Å². The zero-order valence-electron chi connectivity index (χ0n) is 24.8. The van der Waals surface area contributed by atoms with Crippen molar-refractivity contribution in [3.63, 3.8) is 0 Å². The molecule has 45 heavy (non-hydrogen) atoms. The van der Waals surface area contributed by atoms with Gasteiger partial charge >= 0.3 is 0 Å². The van der Waals surface area contributed by atoms with Gasteiger partial charge in [0.1, 0.15) is 22.9 Å². The Kier molecular flexibility index (Phi) is 5.53. The van der Waals surface area contributed by atoms with Crippen molar-refractivity contribution in [3.8, 4) is 28.6 Å². The summed E-state index contributed by atoms with van der Waals surface area (Å²) in [5.41, 5.74) is 9.11. The highest BCUT2D eigenvalue weighted by molar-refractivity contribution is 6.11. The zero-order chi connectivity index (χ0) is 30.1. The molecule has 0 bridgehead atoms. The summed E-state index contributed by atoms with van der Waals surface area (Å²) in [5.74, 6) is 2.26. The third kappa shape index (κ3) is 3.85. The molecule has 6 heteroatoms. The highest BCUT2D eigenvalue weighted by Crippen LogP contribution is 2.41. The van der Waals surface area contributed by atoms with Gasteiger partial charge in [-0.2, -0.15) is 0 Å². The number of para-hydroxylation sites is 2. The molecule has 0 aliphatic rings. The van der Waals surface area contributed by atoms with E-state index in [1.54, 1.807) is 0 Å². The Hall–Kier alpha value is -6.01. The molecule has 0 spiro atoms. The average molecular weight is 582 g/mol. The number of fused-ring (bicyclic) bond motifs is 9. The smallest absolute Gasteiger partial charge is 0.154 e. The second kappa shape index (κ2) is 9.76. The molecule has 6 nitrogen and oxygen atoms in total. The number of ether oxygens (including phenoxy) is 1. The van der Waals surface area contributed by atoms with Crippen LogP contribution in [0.1, 0.15) is 11.1 Å². The molecule has 0 aliphatic carbocycles. The van der Waals surface area contributed by atoms with Gasteiger partial charge < -0.3 is 4.74 Å². The van der Waals surface area contributed by atoms with Crippen molar-refractivity contribution in [2.45, 2.75) is 13.8 Å². The van der Waals surface area contributed by atoms with Gasteiger partial charge in [0.05, 0.1) is 22.1 Å². The Bertz CT molecular complexity index is 2580. The van der Waals surface area contributed by atoms with Gasteiger partial charge in [-0.15, -0.1) is 0 Å². The molecular weight excluding hydrogens is 554 g/mol. The highest BCUT2D eigenvalue weighted by Gasteiger charge is 2.20. The summed E-state index contributed by atoms with van der Waals surface area (Å²) in [6, 6.07) is 37.5. The summed E-state index contributed by atoms with van der Waals surface area (Å²) < 4.78 is 11.2. The fourth-order valence-corrected chi connectivity index (χ4v) is 6.77. The number of rotatable bonds is 4. The van der Waals surface area contributed by atoms with Crippen LogP contribution in [0.2, 0.25) is 0 Å². The van der Waals surface area contributed by atoms with Crippen LogP contribution < -0.4 is 4.74 Å². The predicted octanol–water partition coefficient (Wildman–Crippen LogP) is 9.60. The Morgan fingerprint density at radius 2 is 1.36 bits per heavy atom. The number of hydrogen-bond acceptors (Lipinski definition) is 4. The number of aryl methyl sites for hydroxylation is 2. The fourth-order valence-electron chi connectivity index (χ4n) is 6.77. The van der Waals surface area contributed by atoms with Crippen LogP contribution in [0.15, 0.2) is 128 Å². The minimum Gasteiger partial charge on any atom is -0.455 e. The van der Waals surface area contributed by atoms with Crippen LogP contribution in [0.5, 0.6) is 11.5 Å². The molecule has 4 aromatic carbocycles. The molecule has 9 rings (SSSR count). The average Bonchev–Trinajstić information content (AvgIpc) is 3.69. The first-order valence-corrected chi connectivity index (χ1v) is 15.0. The van der Waals surface area contributed by atoms with Crippen molar-refractivity contribution in [1.82, 2.24) is 23.9 Å². The van der Waals surface area contributed by atoms with Crippen molar-refractivity contribution in [3.05, 3.63) is 139 Å². The summed E-state index contributed by atoms with van der Waals surface area (Å²) in [6.07, 6.45) is 5.67. The molecule has 0 fully saturated rings. The monoisotopic (exact) mass is 581 g/mol. The van der Waals surface area contributed by atoms with Gasteiger partial charge in [-0.1, -0.05) is 60.7 Å². The van der Waals surface area contributed by atoms with E-state index in [2.05, 4.69) is 108 Å². The highest BCUT2D eigenvalue weighted by atomic mass is 16.5. The van der Waals surface area contributed by atoms with E-state index in [4.69, 9.17) is 19.7 Å². The Morgan fingerprint density at radius 3 is 2.18 bits per heavy atom. The van der Waals surface area contributed by atoms with E-state index in [9.17, 15) is 0 Å². The lowest BCUT2D eigenvalue weighted by Gasteiger charge is -2.17. The largest absolute Gasteiger partial charge is 0.455 e. The summed E-state index contributed by atoms with van der Waals surface area (Å²) in [5, 5.41) is 4.31. The molecule has 0 saturated heterocycles. The van der Waals surface area contributed by atoms with Crippen LogP contribution >= 0.6 is 0 Å². The van der Waals surface area contributed by atoms with E-state index in [-0.39, 0.29) is 0 Å². The molecule has 0 aliphatic heterocycles. The van der Waals surface area contributed by atoms with E-state index in [1.165, 1.54) is 5.39 Å². The standard InChI is InChI=1S/C39H27N5O/c1-24-10-9-11-25(2)36(24)38-34(23-30-37(42-38)29-13-4-5-14-31(29)43-21-20-41-39(30)43)45-26-17-18-28-27-12-3-6-15-32(27)44(33(28)22-26)35-16-7-8-19-40-35/h3-23H,1-2H3. The normalized spacial score (nSPS) is 11.8. The summed E-state index contributed by atoms with van der Waals surface area (Å²) in [4.78, 5) is 14.8. The van der Waals surface area contributed by atoms with Gasteiger partial charge in [-0.25, -0.2) is 15.0 Å². The Balaban J connectivity index is 1.32. The second-order valence-corrected chi connectivity index (χ2v) is 11.5. The van der Waals surface area contributed by atoms with Crippen LogP contribution in [-0.4, -0.2) is 23.9 Å². The summed E-state index contributed by atoms with van der Waals surface area (Å²) in [7, 11) is 0. The van der Waals surface area contributed by atoms with Crippen molar-refractivity contribution in [2.24, 2.45) is 0 Å². The Morgan fingerprint density at radius 1 is 0.600 bits per heavy atom. The first-order chi connectivity index (χ1) is 22.2. The zero-order valence-corrected chi connectivity index (χ0v) is 24.8. The maximum absolute atomic E-state index is 6.88. The van der Waals surface area contributed by atoms with Gasteiger partial charge in [0.25, 0.3) is 0 Å². The van der Waals surface area contributed by atoms with Crippen molar-refractivity contribution in [1.29, 1.82) is 0 Å². The molecule has 0 amide bonds. The van der Waals surface area contributed by atoms with Gasteiger partial charge in [0.15, 0.2) is 5.75 Å². The maximum atomic E-state index is 6.88. The van der Waals surface area contributed by atoms with E-state index in [1.807, 2.05) is 42.9 Å². The SMILES string of the molecule is Cc1cccc(C)c1-c1nc2c3ccccc3n3ccnc3c2cc1Oc1ccc2c3ccccc3n(-c3ccccn3)c2c1. The number of pyridine rings is 3. The quantitative estimate of drug-likeness (QED) is 0.194. The lowest BCUT2D eigenvalue weighted by atomic mass is 9.98. The lowest BCUT2D eigenvalue weighted by Crippen LogP contribution is -1.99. The molecule has 0 N–H and O–H groups in total. The first kappa shape index (κ1) is 25.5. The molecule has 9 aromatic rings. The van der Waals surface area contributed by atoms with Crippen LogP contribution in [0, 0.1) is 13.8 Å². The lowest BCUT2D eigenvalue weighted by molar-refractivity contribution is 0.484. The molecule has 5 heterocycles. The van der Waals surface area contributed by atoms with Crippen LogP contribution in [0.25, 0.3) is 66.3 Å². The first-order valence-electron chi connectivity index (χ1n) is 15.0. The number of imidazole rings is 1. The van der Waals surface area contributed by atoms with Crippen LogP contribution in [0.3, 0.4) is 0 Å². The number of nitrogens with zero attached hydrogens (tertiary/aromatic N) is 5. The van der Waals surface area contributed by atoms with Crippen molar-refractivity contribution >= 4 is 49.3 Å². The summed E-state index contributed by atoms with van der Waals surface area (Å²) >= 11 is 0. The Labute approximate surface area is 258 Å². The molecular formula is C39H27N5O. The minimum absolute atomic E-state index is 0.680. The van der Waals surface area contributed by atoms with Gasteiger partial charge in [-0.05, 0) is 67.4 Å². The van der Waals surface area contributed by atoms with E-state index >= 15 is 0 Å². The van der Waals surface area contributed by atoms with Crippen LogP contribution in [-0.2, 0) is 0 Å². The molecule has 5 aromatic heterocycles. The molecule has 0 unspecified atom stereocenters. The topological polar surface area (TPSA) is 57.2 Å². The third-order valence-electron chi connectivity index (χ3n) is 8.76. The van der Waals surface area contributed by atoms with E-state index in [0.29, 0.717) is 5.75 Å². The number of benzene rings is 4. The van der Waals surface area contributed by atoms with E-state index < -0.39 is 0 Å². The third-order valence-corrected chi connectivity index (χ3v) is 8.76. The minimum atomic E-state index is 0.680. The molecule has 214 valence electrons. The van der Waals surface area contributed by atoms with Crippen LogP contribution in [0.4, 0.5) is 0 Å². The summed E-state index contributed by atoms with van der Waals surface area (Å²) in [6.45, 7) is 4.26. The van der Waals surface area contributed by atoms with Crippen molar-refractivity contribution < 1.29 is 4.74 Å². The number of aromatic nitrogens is 5. The number of hydrogen-bond donors (Lipinski definition) is 0. The molecule has 0 saturated carbocycles. The second-order valence-electron chi connectivity index (χ2n) is 11.5. The van der Waals surface area contributed by atoms with Gasteiger partial charge in [-0.3, -0.25) is 8.97 Å². The fraction of sp³-hybridized carbons (Fsp3) is 0.0513. The predicted molar refractivity (Wildman–Crippen MR) is 182 cm³/mol. The maximum Gasteiger partial charge on any atom is 0.154 e.